The van der Waals surface area contributed by atoms with Gasteiger partial charge in [0.25, 0.3) is 0 Å². The molecule has 2 heterocycles. The maximum absolute atomic E-state index is 12.5. The quantitative estimate of drug-likeness (QED) is 0.845. The van der Waals surface area contributed by atoms with Gasteiger partial charge in [0.2, 0.25) is 11.8 Å². The molecule has 1 aliphatic heterocycles. The number of amides is 2. The molecule has 2 rings (SSSR count). The second-order valence-corrected chi connectivity index (χ2v) is 8.35. The molecule has 2 atom stereocenters. The first-order valence-corrected chi connectivity index (χ1v) is 8.32. The predicted octanol–water partition coefficient (Wildman–Crippen LogP) is 2.28. The predicted molar refractivity (Wildman–Crippen MR) is 91.2 cm³/mol. The number of nitrogens with zero attached hydrogens (tertiary/aromatic N) is 2. The molecule has 8 heteroatoms. The van der Waals surface area contributed by atoms with Crippen LogP contribution in [0.1, 0.15) is 53.7 Å². The Morgan fingerprint density at radius 2 is 1.96 bits per heavy atom. The molecule has 0 saturated carbocycles. The number of β-amino-alcohol motifs (C(OH)–C–C–N with tert-alkyl or cyclic N) is 1. The number of anilines is 1. The van der Waals surface area contributed by atoms with Crippen LogP contribution in [0.5, 0.6) is 0 Å². The van der Waals surface area contributed by atoms with Crippen LogP contribution in [0.4, 0.5) is 10.7 Å². The molecule has 1 fully saturated rings. The van der Waals surface area contributed by atoms with Gasteiger partial charge in [-0.1, -0.05) is 25.9 Å². The Morgan fingerprint density at radius 1 is 1.32 bits per heavy atom. The van der Waals surface area contributed by atoms with E-state index in [1.165, 1.54) is 4.90 Å². The number of rotatable bonds is 2. The summed E-state index contributed by atoms with van der Waals surface area (Å²) in [5, 5.41) is 16.4. The first-order chi connectivity index (χ1) is 11.4. The zero-order valence-electron chi connectivity index (χ0n) is 15.6. The van der Waals surface area contributed by atoms with Crippen molar-refractivity contribution in [1.82, 2.24) is 10.1 Å². The van der Waals surface area contributed by atoms with Crippen LogP contribution in [0, 0.1) is 0 Å². The third-order valence-corrected chi connectivity index (χ3v) is 3.73. The van der Waals surface area contributed by atoms with E-state index in [2.05, 4.69) is 10.5 Å². The number of aromatic nitrogens is 1. The Balaban J connectivity index is 2.08. The Hall–Kier alpha value is -2.09. The second-order valence-electron chi connectivity index (χ2n) is 8.35. The fourth-order valence-corrected chi connectivity index (χ4v) is 2.48. The molecular weight excluding hydrogens is 326 g/mol. The van der Waals surface area contributed by atoms with Gasteiger partial charge >= 0.3 is 6.09 Å². The highest BCUT2D eigenvalue weighted by atomic mass is 16.6. The van der Waals surface area contributed by atoms with E-state index < -0.39 is 29.7 Å². The first-order valence-electron chi connectivity index (χ1n) is 8.32. The molecule has 2 N–H and O–H groups in total. The molecule has 0 aromatic carbocycles. The highest BCUT2D eigenvalue weighted by Gasteiger charge is 2.41. The lowest BCUT2D eigenvalue weighted by atomic mass is 9.92. The minimum Gasteiger partial charge on any atom is -0.444 e. The van der Waals surface area contributed by atoms with Crippen molar-refractivity contribution in [3.05, 3.63) is 11.8 Å². The van der Waals surface area contributed by atoms with Gasteiger partial charge in [-0.25, -0.2) is 4.79 Å². The van der Waals surface area contributed by atoms with Gasteiger partial charge in [0, 0.05) is 17.9 Å². The molecule has 1 saturated heterocycles. The maximum atomic E-state index is 12.5. The largest absolute Gasteiger partial charge is 0.444 e. The van der Waals surface area contributed by atoms with Gasteiger partial charge < -0.3 is 14.4 Å². The van der Waals surface area contributed by atoms with Gasteiger partial charge in [0.15, 0.2) is 0 Å². The third kappa shape index (κ3) is 4.94. The number of aliphatic hydroxyl groups excluding tert-OH is 1. The summed E-state index contributed by atoms with van der Waals surface area (Å²) in [5.41, 5.74) is -0.185. The summed E-state index contributed by atoms with van der Waals surface area (Å²) in [6.07, 6.45) is -1.26. The molecule has 0 unspecified atom stereocenters. The number of likely N-dealkylation sites (tertiary alicyclic amines) is 1. The molecule has 1 aliphatic rings. The van der Waals surface area contributed by atoms with Crippen molar-refractivity contribution in [2.75, 3.05) is 11.9 Å². The van der Waals surface area contributed by atoms with Gasteiger partial charge in [-0.15, -0.1) is 0 Å². The molecular formula is C17H27N3O5. The van der Waals surface area contributed by atoms with Gasteiger partial charge in [-0.3, -0.25) is 15.0 Å². The standard InChI is InChI=1S/C17H27N3O5/c1-16(2,3)12-8-13(25-19-12)18-14(22)11-7-10(21)9-20(11)15(23)24-17(4,5)6/h8,10-11,21H,7,9H2,1-6H3,(H,18,22)/t10-,11-/m0/s1. The summed E-state index contributed by atoms with van der Waals surface area (Å²) in [6, 6.07) is 0.828. The zero-order valence-corrected chi connectivity index (χ0v) is 15.6. The molecule has 25 heavy (non-hydrogen) atoms. The molecule has 1 aromatic heterocycles. The summed E-state index contributed by atoms with van der Waals surface area (Å²) in [7, 11) is 0. The molecule has 8 nitrogen and oxygen atoms in total. The highest BCUT2D eigenvalue weighted by Crippen LogP contribution is 2.26. The van der Waals surface area contributed by atoms with Crippen LogP contribution in [0.2, 0.25) is 0 Å². The van der Waals surface area contributed by atoms with Gasteiger partial charge in [-0.2, -0.15) is 0 Å². The minimum atomic E-state index is -0.826. The Morgan fingerprint density at radius 3 is 2.48 bits per heavy atom. The lowest BCUT2D eigenvalue weighted by molar-refractivity contribution is -0.120. The Labute approximate surface area is 147 Å². The van der Waals surface area contributed by atoms with Crippen LogP contribution >= 0.6 is 0 Å². The van der Waals surface area contributed by atoms with Crippen LogP contribution in [-0.4, -0.2) is 51.5 Å². The van der Waals surface area contributed by atoms with Crippen LogP contribution in [0.15, 0.2) is 10.6 Å². The first kappa shape index (κ1) is 19.2. The van der Waals surface area contributed by atoms with Gasteiger partial charge in [0.1, 0.15) is 11.6 Å². The normalized spacial score (nSPS) is 21.3. The van der Waals surface area contributed by atoms with Crippen molar-refractivity contribution >= 4 is 17.9 Å². The summed E-state index contributed by atoms with van der Waals surface area (Å²) < 4.78 is 10.5. The molecule has 0 radical (unpaired) electrons. The number of hydrogen-bond donors (Lipinski definition) is 2. The van der Waals surface area contributed by atoms with E-state index in [9.17, 15) is 14.7 Å². The minimum absolute atomic E-state index is 0.0522. The maximum Gasteiger partial charge on any atom is 0.411 e. The third-order valence-electron chi connectivity index (χ3n) is 3.73. The van der Waals surface area contributed by atoms with Gasteiger partial charge in [0.05, 0.1) is 18.3 Å². The molecule has 0 aliphatic carbocycles. The summed E-state index contributed by atoms with van der Waals surface area (Å²) in [6.45, 7) is 11.2. The van der Waals surface area contributed by atoms with Crippen molar-refractivity contribution in [3.63, 3.8) is 0 Å². The van der Waals surface area contributed by atoms with Crippen LogP contribution < -0.4 is 5.32 Å². The lowest BCUT2D eigenvalue weighted by Gasteiger charge is -2.27. The summed E-state index contributed by atoms with van der Waals surface area (Å²) in [4.78, 5) is 26.1. The van der Waals surface area contributed by atoms with Crippen LogP contribution in [0.3, 0.4) is 0 Å². The van der Waals surface area contributed by atoms with E-state index in [1.54, 1.807) is 26.8 Å². The number of carbonyl (C=O) groups excluding carboxylic acids is 2. The fourth-order valence-electron chi connectivity index (χ4n) is 2.48. The van der Waals surface area contributed by atoms with Crippen molar-refractivity contribution < 1.29 is 24.0 Å². The number of carbonyl (C=O) groups is 2. The summed E-state index contributed by atoms with van der Waals surface area (Å²) >= 11 is 0. The fraction of sp³-hybridized carbons (Fsp3) is 0.706. The van der Waals surface area contributed by atoms with E-state index in [0.29, 0.717) is 5.69 Å². The molecule has 0 spiro atoms. The lowest BCUT2D eigenvalue weighted by Crippen LogP contribution is -2.45. The van der Waals surface area contributed by atoms with E-state index in [-0.39, 0.29) is 24.3 Å². The molecule has 2 amide bonds. The Bertz CT molecular complexity index is 641. The molecule has 140 valence electrons. The van der Waals surface area contributed by atoms with Gasteiger partial charge in [-0.05, 0) is 20.8 Å². The zero-order chi connectivity index (χ0) is 19.0. The SMILES string of the molecule is CC(C)(C)OC(=O)N1C[C@@H](O)C[C@H]1C(=O)Nc1cc(C(C)(C)C)no1. The average Bonchev–Trinajstić information content (AvgIpc) is 3.02. The van der Waals surface area contributed by atoms with Crippen molar-refractivity contribution in [2.45, 2.75) is 71.1 Å². The number of nitrogens with one attached hydrogen (secondary N) is 1. The highest BCUT2D eigenvalue weighted by molar-refractivity contribution is 5.96. The van der Waals surface area contributed by atoms with E-state index in [0.717, 1.165) is 0 Å². The van der Waals surface area contributed by atoms with Crippen molar-refractivity contribution in [3.8, 4) is 0 Å². The summed E-state index contributed by atoms with van der Waals surface area (Å²) in [5.74, 6) is -0.237. The number of hydrogen-bond acceptors (Lipinski definition) is 6. The molecule has 1 aromatic rings. The van der Waals surface area contributed by atoms with E-state index in [4.69, 9.17) is 9.26 Å². The average molecular weight is 353 g/mol. The Kier molecular flexibility index (Phi) is 5.13. The monoisotopic (exact) mass is 353 g/mol. The topological polar surface area (TPSA) is 105 Å². The van der Waals surface area contributed by atoms with Crippen molar-refractivity contribution in [2.24, 2.45) is 0 Å². The van der Waals surface area contributed by atoms with Crippen LogP contribution in [-0.2, 0) is 14.9 Å². The second kappa shape index (κ2) is 6.67. The van der Waals surface area contributed by atoms with E-state index in [1.807, 2.05) is 20.8 Å². The van der Waals surface area contributed by atoms with E-state index >= 15 is 0 Å². The molecule has 0 bridgehead atoms. The van der Waals surface area contributed by atoms with Crippen molar-refractivity contribution in [1.29, 1.82) is 0 Å². The smallest absolute Gasteiger partial charge is 0.411 e. The van der Waals surface area contributed by atoms with Crippen LogP contribution in [0.25, 0.3) is 0 Å². The number of ether oxygens (including phenoxy) is 1. The number of aliphatic hydroxyl groups is 1.